The van der Waals surface area contributed by atoms with E-state index < -0.39 is 18.6 Å². The van der Waals surface area contributed by atoms with Crippen molar-refractivity contribution in [1.82, 2.24) is 9.97 Å². The van der Waals surface area contributed by atoms with Crippen molar-refractivity contribution in [3.05, 3.63) is 23.3 Å². The van der Waals surface area contributed by atoms with Crippen LogP contribution in [0.3, 0.4) is 0 Å². The highest BCUT2D eigenvalue weighted by Gasteiger charge is 2.30. The zero-order valence-electron chi connectivity index (χ0n) is 10.0. The lowest BCUT2D eigenvalue weighted by molar-refractivity contribution is -0.128. The van der Waals surface area contributed by atoms with Crippen LogP contribution in [0.2, 0.25) is 0 Å². The van der Waals surface area contributed by atoms with Crippen LogP contribution in [0, 0.1) is 0 Å². The summed E-state index contributed by atoms with van der Waals surface area (Å²) in [5, 5.41) is 0. The molecule has 1 aromatic heterocycles. The Kier molecular flexibility index (Phi) is 4.63. The monoisotopic (exact) mass is 262 g/mol. The lowest BCUT2D eigenvalue weighted by atomic mass is 10.2. The van der Waals surface area contributed by atoms with Crippen molar-refractivity contribution in [2.45, 2.75) is 32.9 Å². The van der Waals surface area contributed by atoms with Gasteiger partial charge >= 0.3 is 12.1 Å². The van der Waals surface area contributed by atoms with E-state index in [4.69, 9.17) is 4.74 Å². The molecule has 0 bridgehead atoms. The average molecular weight is 262 g/mol. The summed E-state index contributed by atoms with van der Waals surface area (Å²) in [6, 6.07) is 0. The van der Waals surface area contributed by atoms with Crippen LogP contribution in [0.1, 0.15) is 35.7 Å². The Labute approximate surface area is 102 Å². The van der Waals surface area contributed by atoms with Gasteiger partial charge < -0.3 is 4.74 Å². The molecule has 0 fully saturated rings. The van der Waals surface area contributed by atoms with Gasteiger partial charge in [-0.3, -0.25) is 0 Å². The van der Waals surface area contributed by atoms with Gasteiger partial charge in [0.1, 0.15) is 12.2 Å². The molecule has 1 rings (SSSR count). The Morgan fingerprint density at radius 1 is 1.39 bits per heavy atom. The zero-order valence-corrected chi connectivity index (χ0v) is 10.0. The Hall–Kier alpha value is -1.66. The molecule has 0 amide bonds. The molecule has 7 heteroatoms. The second-order valence-electron chi connectivity index (χ2n) is 3.51. The van der Waals surface area contributed by atoms with Gasteiger partial charge in [-0.1, -0.05) is 6.92 Å². The molecule has 0 radical (unpaired) electrons. The Morgan fingerprint density at radius 3 is 2.56 bits per heavy atom. The molecule has 4 nitrogen and oxygen atoms in total. The van der Waals surface area contributed by atoms with E-state index >= 15 is 0 Å². The summed E-state index contributed by atoms with van der Waals surface area (Å²) in [6.45, 7) is 3.52. The summed E-state index contributed by atoms with van der Waals surface area (Å²) in [6.07, 6.45) is -4.15. The van der Waals surface area contributed by atoms with Crippen LogP contribution in [0.5, 0.6) is 0 Å². The number of carbonyl (C=O) groups excluding carboxylic acids is 1. The molecule has 0 saturated carbocycles. The van der Waals surface area contributed by atoms with Gasteiger partial charge in [0.25, 0.3) is 0 Å². The second kappa shape index (κ2) is 5.79. The van der Waals surface area contributed by atoms with Gasteiger partial charge in [-0.05, 0) is 13.3 Å². The molecule has 0 unspecified atom stereocenters. The van der Waals surface area contributed by atoms with Crippen LogP contribution in [-0.4, -0.2) is 28.7 Å². The molecule has 0 saturated heterocycles. The van der Waals surface area contributed by atoms with Gasteiger partial charge in [-0.15, -0.1) is 0 Å². The van der Waals surface area contributed by atoms with Crippen molar-refractivity contribution in [2.75, 3.05) is 6.61 Å². The van der Waals surface area contributed by atoms with Crippen molar-refractivity contribution in [3.8, 4) is 0 Å². The van der Waals surface area contributed by atoms with Crippen LogP contribution in [0.25, 0.3) is 0 Å². The molecule has 0 aliphatic heterocycles. The maximum Gasteiger partial charge on any atom is 0.396 e. The number of esters is 1. The van der Waals surface area contributed by atoms with Crippen LogP contribution in [0.4, 0.5) is 13.2 Å². The van der Waals surface area contributed by atoms with Crippen LogP contribution in [-0.2, 0) is 17.6 Å². The Balaban J connectivity index is 3.00. The summed E-state index contributed by atoms with van der Waals surface area (Å²) >= 11 is 0. The molecule has 0 aliphatic carbocycles. The van der Waals surface area contributed by atoms with Crippen molar-refractivity contribution in [3.63, 3.8) is 0 Å². The number of carbonyl (C=O) groups is 1. The van der Waals surface area contributed by atoms with E-state index in [0.717, 1.165) is 6.20 Å². The molecule has 1 heterocycles. The maximum atomic E-state index is 12.2. The topological polar surface area (TPSA) is 52.1 Å². The van der Waals surface area contributed by atoms with E-state index in [1.54, 1.807) is 13.8 Å². The number of halogens is 3. The lowest BCUT2D eigenvalue weighted by Gasteiger charge is -2.09. The predicted octanol–water partition coefficient (Wildman–Crippen LogP) is 2.32. The lowest BCUT2D eigenvalue weighted by Crippen LogP contribution is -2.17. The minimum absolute atomic E-state index is 0.116. The fourth-order valence-corrected chi connectivity index (χ4v) is 1.37. The molecule has 100 valence electrons. The number of alkyl halides is 3. The summed E-state index contributed by atoms with van der Waals surface area (Å²) in [5.41, 5.74) is 0.382. The normalized spacial score (nSPS) is 11.4. The number of hydrogen-bond donors (Lipinski definition) is 0. The quantitative estimate of drug-likeness (QED) is 0.781. The molecule has 0 atom stereocenters. The van der Waals surface area contributed by atoms with Gasteiger partial charge in [-0.2, -0.15) is 13.2 Å². The van der Waals surface area contributed by atoms with E-state index in [1.807, 2.05) is 0 Å². The second-order valence-corrected chi connectivity index (χ2v) is 3.51. The first kappa shape index (κ1) is 14.4. The fraction of sp³-hybridized carbons (Fsp3) is 0.545. The molecule has 0 N–H and O–H groups in total. The van der Waals surface area contributed by atoms with E-state index in [1.165, 1.54) is 0 Å². The third kappa shape index (κ3) is 3.97. The highest BCUT2D eigenvalue weighted by molar-refractivity contribution is 5.90. The van der Waals surface area contributed by atoms with E-state index in [-0.39, 0.29) is 23.7 Å². The third-order valence-corrected chi connectivity index (χ3v) is 2.11. The van der Waals surface area contributed by atoms with Crippen molar-refractivity contribution < 1.29 is 22.7 Å². The van der Waals surface area contributed by atoms with Crippen molar-refractivity contribution in [2.24, 2.45) is 0 Å². The highest BCUT2D eigenvalue weighted by atomic mass is 19.4. The fourth-order valence-electron chi connectivity index (χ4n) is 1.37. The molecule has 18 heavy (non-hydrogen) atoms. The molecule has 1 aromatic rings. The van der Waals surface area contributed by atoms with Crippen molar-refractivity contribution in [1.29, 1.82) is 0 Å². The van der Waals surface area contributed by atoms with E-state index in [2.05, 4.69) is 9.97 Å². The molecule has 0 aliphatic rings. The predicted molar refractivity (Wildman–Crippen MR) is 57.1 cm³/mol. The number of hydrogen-bond acceptors (Lipinski definition) is 4. The summed E-state index contributed by atoms with van der Waals surface area (Å²) in [5.74, 6) is -0.958. The molecule has 0 aromatic carbocycles. The molecular formula is C11H13F3N2O2. The highest BCUT2D eigenvalue weighted by Crippen LogP contribution is 2.20. The van der Waals surface area contributed by atoms with Gasteiger partial charge in [0.15, 0.2) is 0 Å². The van der Waals surface area contributed by atoms with Crippen LogP contribution < -0.4 is 0 Å². The number of rotatable bonds is 4. The van der Waals surface area contributed by atoms with Gasteiger partial charge in [-0.25, -0.2) is 14.8 Å². The minimum Gasteiger partial charge on any atom is -0.462 e. The first-order valence-corrected chi connectivity index (χ1v) is 5.46. The standard InChI is InChI=1S/C11H13F3N2O2/c1-3-8-7(10(17)18-4-2)6-15-9(16-8)5-11(12,13)14/h6H,3-5H2,1-2H3. The number of aromatic nitrogens is 2. The zero-order chi connectivity index (χ0) is 13.8. The first-order chi connectivity index (χ1) is 8.37. The summed E-state index contributed by atoms with van der Waals surface area (Å²) < 4.78 is 41.3. The average Bonchev–Trinajstić information content (AvgIpc) is 2.27. The molecule has 0 spiro atoms. The third-order valence-electron chi connectivity index (χ3n) is 2.11. The molecular weight excluding hydrogens is 249 g/mol. The van der Waals surface area contributed by atoms with Crippen molar-refractivity contribution >= 4 is 5.97 Å². The number of ether oxygens (including phenoxy) is 1. The Bertz CT molecular complexity index is 433. The summed E-state index contributed by atoms with van der Waals surface area (Å²) in [7, 11) is 0. The first-order valence-electron chi connectivity index (χ1n) is 5.46. The van der Waals surface area contributed by atoms with Gasteiger partial charge in [0, 0.05) is 6.20 Å². The minimum atomic E-state index is -4.36. The van der Waals surface area contributed by atoms with Gasteiger partial charge in [0.05, 0.1) is 17.9 Å². The summed E-state index contributed by atoms with van der Waals surface area (Å²) in [4.78, 5) is 18.8. The van der Waals surface area contributed by atoms with Crippen LogP contribution >= 0.6 is 0 Å². The van der Waals surface area contributed by atoms with Crippen LogP contribution in [0.15, 0.2) is 6.20 Å². The van der Waals surface area contributed by atoms with E-state index in [9.17, 15) is 18.0 Å². The largest absolute Gasteiger partial charge is 0.462 e. The maximum absolute atomic E-state index is 12.2. The number of nitrogens with zero attached hydrogens (tertiary/aromatic N) is 2. The Morgan fingerprint density at radius 2 is 2.06 bits per heavy atom. The van der Waals surface area contributed by atoms with Gasteiger partial charge in [0.2, 0.25) is 0 Å². The number of aryl methyl sites for hydroxylation is 1. The smallest absolute Gasteiger partial charge is 0.396 e. The van der Waals surface area contributed by atoms with E-state index in [0.29, 0.717) is 6.42 Å². The SMILES string of the molecule is CCOC(=O)c1cnc(CC(F)(F)F)nc1CC.